The molecule has 2 atom stereocenters. The van der Waals surface area contributed by atoms with Crippen molar-refractivity contribution in [3.05, 3.63) is 64.2 Å². The van der Waals surface area contributed by atoms with Gasteiger partial charge >= 0.3 is 5.97 Å². The fraction of sp³-hybridized carbons (Fsp3) is 0.292. The minimum absolute atomic E-state index is 0.0223. The van der Waals surface area contributed by atoms with Gasteiger partial charge in [-0.25, -0.2) is 4.79 Å². The minimum Gasteiger partial charge on any atom is -0.493 e. The largest absolute Gasteiger partial charge is 0.493 e. The summed E-state index contributed by atoms with van der Waals surface area (Å²) in [6.07, 6.45) is 0. The fourth-order valence-corrected chi connectivity index (χ4v) is 7.26. The van der Waals surface area contributed by atoms with Gasteiger partial charge in [0.15, 0.2) is 21.6 Å². The van der Waals surface area contributed by atoms with E-state index in [4.69, 9.17) is 13.9 Å². The first-order chi connectivity index (χ1) is 18.4. The molecule has 14 heteroatoms. The second-order valence-corrected chi connectivity index (χ2v) is 11.7. The Morgan fingerprint density at radius 1 is 1.24 bits per heavy atom. The minimum atomic E-state index is -1.18. The maximum atomic E-state index is 12.9. The SMILES string of the molecule is COc1ccccc1OCc1ccc(C(=O)N[C@H]2C(=O)N3C(C(=O)O)=C(CSc4nnc(C)s4)CS[C@@H]23)o1. The third-order valence-corrected chi connectivity index (χ3v) is 9.14. The van der Waals surface area contributed by atoms with Crippen molar-refractivity contribution in [1.82, 2.24) is 20.4 Å². The van der Waals surface area contributed by atoms with E-state index in [1.807, 2.05) is 19.1 Å². The Morgan fingerprint density at radius 2 is 2.03 bits per heavy atom. The molecule has 0 saturated carbocycles. The first-order valence-electron chi connectivity index (χ1n) is 11.3. The zero-order chi connectivity index (χ0) is 26.8. The van der Waals surface area contributed by atoms with Crippen LogP contribution in [0.25, 0.3) is 0 Å². The summed E-state index contributed by atoms with van der Waals surface area (Å²) < 4.78 is 17.3. The summed E-state index contributed by atoms with van der Waals surface area (Å²) in [7, 11) is 1.54. The second-order valence-electron chi connectivity index (χ2n) is 8.20. The summed E-state index contributed by atoms with van der Waals surface area (Å²) in [6.45, 7) is 1.92. The van der Waals surface area contributed by atoms with Crippen molar-refractivity contribution in [3.8, 4) is 11.5 Å². The van der Waals surface area contributed by atoms with Crippen molar-refractivity contribution in [3.63, 3.8) is 0 Å². The number of rotatable bonds is 10. The highest BCUT2D eigenvalue weighted by Gasteiger charge is 2.54. The van der Waals surface area contributed by atoms with Crippen LogP contribution in [0.3, 0.4) is 0 Å². The first kappa shape index (κ1) is 26.1. The molecule has 2 aliphatic rings. The van der Waals surface area contributed by atoms with Gasteiger partial charge in [0, 0.05) is 11.5 Å². The summed E-state index contributed by atoms with van der Waals surface area (Å²) in [5, 5.41) is 20.8. The molecule has 0 spiro atoms. The number of carbonyl (C=O) groups is 3. The Bertz CT molecular complexity index is 1420. The number of benzene rings is 1. The van der Waals surface area contributed by atoms with Crippen molar-refractivity contribution >= 4 is 52.6 Å². The van der Waals surface area contributed by atoms with E-state index in [1.54, 1.807) is 25.3 Å². The zero-order valence-electron chi connectivity index (χ0n) is 20.2. The number of carboxylic acid groups (broad SMARTS) is 1. The molecule has 0 unspecified atom stereocenters. The summed E-state index contributed by atoms with van der Waals surface area (Å²) in [5.41, 5.74) is 0.590. The quantitative estimate of drug-likeness (QED) is 0.272. The number of furan rings is 1. The molecule has 11 nitrogen and oxygen atoms in total. The number of thioether (sulfide) groups is 2. The Kier molecular flexibility index (Phi) is 7.63. The van der Waals surface area contributed by atoms with Gasteiger partial charge in [0.05, 0.1) is 7.11 Å². The molecule has 2 amide bonds. The summed E-state index contributed by atoms with van der Waals surface area (Å²) >= 11 is 4.22. The number of carbonyl (C=O) groups excluding carboxylic acids is 2. The Balaban J connectivity index is 1.21. The first-order valence-corrected chi connectivity index (χ1v) is 14.2. The van der Waals surface area contributed by atoms with Gasteiger partial charge in [-0.3, -0.25) is 14.5 Å². The van der Waals surface area contributed by atoms with E-state index in [0.29, 0.717) is 34.3 Å². The fourth-order valence-electron chi connectivity index (χ4n) is 3.96. The molecule has 2 aromatic heterocycles. The molecule has 1 aromatic carbocycles. The number of β-lactam (4-membered cyclic amide) rings is 1. The van der Waals surface area contributed by atoms with Crippen molar-refractivity contribution in [2.24, 2.45) is 0 Å². The lowest BCUT2D eigenvalue weighted by Crippen LogP contribution is -2.70. The van der Waals surface area contributed by atoms with Gasteiger partial charge in [0.2, 0.25) is 0 Å². The molecule has 2 N–H and O–H groups in total. The van der Waals surface area contributed by atoms with Crippen LogP contribution >= 0.6 is 34.9 Å². The number of hydrogen-bond acceptors (Lipinski definition) is 11. The predicted octanol–water partition coefficient (Wildman–Crippen LogP) is 3.17. The van der Waals surface area contributed by atoms with Crippen LogP contribution in [0.15, 0.2) is 56.4 Å². The predicted molar refractivity (Wildman–Crippen MR) is 140 cm³/mol. The molecular weight excluding hydrogens is 552 g/mol. The molecular formula is C24H22N4O7S3. The zero-order valence-corrected chi connectivity index (χ0v) is 22.7. The highest BCUT2D eigenvalue weighted by Crippen LogP contribution is 2.42. The molecule has 0 bridgehead atoms. The number of fused-ring (bicyclic) bond motifs is 1. The van der Waals surface area contributed by atoms with Crippen LogP contribution in [-0.2, 0) is 16.2 Å². The Labute approximate surface area is 229 Å². The van der Waals surface area contributed by atoms with Gasteiger partial charge in [-0.2, -0.15) is 0 Å². The van der Waals surface area contributed by atoms with E-state index in [9.17, 15) is 19.5 Å². The number of ether oxygens (including phenoxy) is 2. The van der Waals surface area contributed by atoms with E-state index in [0.717, 1.165) is 9.35 Å². The number of nitrogens with zero attached hydrogens (tertiary/aromatic N) is 3. The molecule has 1 fully saturated rings. The van der Waals surface area contributed by atoms with Crippen LogP contribution < -0.4 is 14.8 Å². The number of aromatic nitrogens is 2. The average molecular weight is 575 g/mol. The van der Waals surface area contributed by atoms with Gasteiger partial charge in [-0.15, -0.1) is 22.0 Å². The number of methoxy groups -OCH3 is 1. The van der Waals surface area contributed by atoms with E-state index in [-0.39, 0.29) is 18.1 Å². The lowest BCUT2D eigenvalue weighted by molar-refractivity contribution is -0.148. The third kappa shape index (κ3) is 5.24. The molecule has 1 saturated heterocycles. The van der Waals surface area contributed by atoms with Crippen molar-refractivity contribution in [1.29, 1.82) is 0 Å². The lowest BCUT2D eigenvalue weighted by Gasteiger charge is -2.49. The molecule has 4 heterocycles. The molecule has 5 rings (SSSR count). The second kappa shape index (κ2) is 11.1. The van der Waals surface area contributed by atoms with Crippen LogP contribution in [0.5, 0.6) is 11.5 Å². The smallest absolute Gasteiger partial charge is 0.352 e. The normalized spacial score (nSPS) is 18.6. The maximum Gasteiger partial charge on any atom is 0.352 e. The summed E-state index contributed by atoms with van der Waals surface area (Å²) in [5.74, 6) is 0.110. The molecule has 0 radical (unpaired) electrons. The van der Waals surface area contributed by atoms with E-state index < -0.39 is 29.2 Å². The highest BCUT2D eigenvalue weighted by molar-refractivity contribution is 8.01. The van der Waals surface area contributed by atoms with Crippen LogP contribution in [0, 0.1) is 6.92 Å². The van der Waals surface area contributed by atoms with Gasteiger partial charge in [0.1, 0.15) is 34.5 Å². The van der Waals surface area contributed by atoms with Gasteiger partial charge < -0.3 is 24.3 Å². The molecule has 2 aliphatic heterocycles. The van der Waals surface area contributed by atoms with Crippen molar-refractivity contribution in [2.45, 2.75) is 29.3 Å². The van der Waals surface area contributed by atoms with Crippen LogP contribution in [-0.4, -0.2) is 68.0 Å². The Hall–Kier alpha value is -3.49. The van der Waals surface area contributed by atoms with E-state index in [1.165, 1.54) is 45.8 Å². The molecule has 38 heavy (non-hydrogen) atoms. The third-order valence-electron chi connectivity index (χ3n) is 5.74. The number of aliphatic carboxylic acids is 1. The standard InChI is InChI=1S/C24H22N4O7S3/c1-12-26-27-24(38-12)37-11-13-10-36-22-18(21(30)28(22)19(13)23(31)32)25-20(29)17-8-7-14(35-17)9-34-16-6-4-3-5-15(16)33-2/h3-8,18,22H,9-11H2,1-2H3,(H,25,29)(H,31,32)/t18-,22-/m0/s1. The monoisotopic (exact) mass is 574 g/mol. The van der Waals surface area contributed by atoms with Gasteiger partial charge in [0.25, 0.3) is 11.8 Å². The van der Waals surface area contributed by atoms with E-state index >= 15 is 0 Å². The topological polar surface area (TPSA) is 144 Å². The van der Waals surface area contributed by atoms with Crippen LogP contribution in [0.2, 0.25) is 0 Å². The number of amides is 2. The maximum absolute atomic E-state index is 12.9. The Morgan fingerprint density at radius 3 is 2.74 bits per heavy atom. The van der Waals surface area contributed by atoms with Gasteiger partial charge in [-0.1, -0.05) is 35.2 Å². The molecule has 3 aromatic rings. The lowest BCUT2D eigenvalue weighted by atomic mass is 10.0. The number of nitrogens with one attached hydrogen (secondary N) is 1. The van der Waals surface area contributed by atoms with Crippen molar-refractivity contribution in [2.75, 3.05) is 18.6 Å². The van der Waals surface area contributed by atoms with Crippen LogP contribution in [0.1, 0.15) is 21.3 Å². The molecule has 0 aliphatic carbocycles. The van der Waals surface area contributed by atoms with Crippen molar-refractivity contribution < 1.29 is 33.4 Å². The number of carboxylic acids is 1. The number of hydrogen-bond donors (Lipinski definition) is 2. The number of aryl methyl sites for hydroxylation is 1. The number of para-hydroxylation sites is 2. The van der Waals surface area contributed by atoms with Crippen LogP contribution in [0.4, 0.5) is 0 Å². The highest BCUT2D eigenvalue weighted by atomic mass is 32.2. The molecule has 198 valence electrons. The summed E-state index contributed by atoms with van der Waals surface area (Å²) in [4.78, 5) is 39.0. The van der Waals surface area contributed by atoms with E-state index in [2.05, 4.69) is 15.5 Å². The summed E-state index contributed by atoms with van der Waals surface area (Å²) in [6, 6.07) is 9.41. The van der Waals surface area contributed by atoms with Gasteiger partial charge in [-0.05, 0) is 36.8 Å². The average Bonchev–Trinajstić information content (AvgIpc) is 3.57.